The molecule has 1 rings (SSSR count). The smallest absolute Gasteiger partial charge is 0.213 e. The van der Waals surface area contributed by atoms with Crippen LogP contribution < -0.4 is 10.1 Å². The van der Waals surface area contributed by atoms with Crippen LogP contribution in [0.5, 0.6) is 5.88 Å². The number of aromatic nitrogens is 1. The number of hydrogen-bond acceptors (Lipinski definition) is 4. The third-order valence-electron chi connectivity index (χ3n) is 3.38. The molecule has 1 aromatic rings. The minimum absolute atomic E-state index is 0.161. The van der Waals surface area contributed by atoms with Crippen LogP contribution in [0.3, 0.4) is 0 Å². The normalized spacial score (nSPS) is 12.0. The quantitative estimate of drug-likeness (QED) is 0.758. The molecule has 0 aliphatic rings. The van der Waals surface area contributed by atoms with Crippen LogP contribution in [0.2, 0.25) is 0 Å². The van der Waals surface area contributed by atoms with E-state index in [-0.39, 0.29) is 5.60 Å². The number of pyridine rings is 1. The molecule has 0 radical (unpaired) electrons. The lowest BCUT2D eigenvalue weighted by atomic mass is 10.1. The van der Waals surface area contributed by atoms with Gasteiger partial charge in [0.1, 0.15) is 0 Å². The molecular weight excluding hydrogens is 264 g/mol. The molecule has 0 unspecified atom stereocenters. The topological polar surface area (TPSA) is 43.4 Å². The van der Waals surface area contributed by atoms with E-state index in [4.69, 9.17) is 9.47 Å². The Morgan fingerprint density at radius 3 is 2.62 bits per heavy atom. The molecule has 0 aliphatic heterocycles. The highest BCUT2D eigenvalue weighted by atomic mass is 16.5. The van der Waals surface area contributed by atoms with Crippen molar-refractivity contribution in [3.63, 3.8) is 0 Å². The third-order valence-corrected chi connectivity index (χ3v) is 3.38. The van der Waals surface area contributed by atoms with E-state index in [2.05, 4.69) is 44.1 Å². The first kappa shape index (κ1) is 17.9. The van der Waals surface area contributed by atoms with E-state index in [1.807, 2.05) is 13.0 Å². The van der Waals surface area contributed by atoms with E-state index in [0.717, 1.165) is 25.2 Å². The molecule has 0 fully saturated rings. The van der Waals surface area contributed by atoms with E-state index < -0.39 is 0 Å². The van der Waals surface area contributed by atoms with Crippen LogP contribution in [0.25, 0.3) is 0 Å². The van der Waals surface area contributed by atoms with Gasteiger partial charge in [0.25, 0.3) is 0 Å². The summed E-state index contributed by atoms with van der Waals surface area (Å²) in [6.07, 6.45) is 0.833. The molecule has 0 aliphatic carbocycles. The van der Waals surface area contributed by atoms with Crippen LogP contribution in [0.4, 0.5) is 0 Å². The average Bonchev–Trinajstić information content (AvgIpc) is 2.37. The van der Waals surface area contributed by atoms with Crippen molar-refractivity contribution >= 4 is 0 Å². The van der Waals surface area contributed by atoms with Gasteiger partial charge in [0, 0.05) is 31.8 Å². The molecule has 0 bridgehead atoms. The minimum atomic E-state index is -0.161. The SMILES string of the molecule is COC(C)(C)CCOc1cc(CNCC(C)C)cc(C)n1. The summed E-state index contributed by atoms with van der Waals surface area (Å²) in [6, 6.07) is 4.11. The molecule has 21 heavy (non-hydrogen) atoms. The fourth-order valence-electron chi connectivity index (χ4n) is 1.89. The Balaban J connectivity index is 2.52. The van der Waals surface area contributed by atoms with Gasteiger partial charge in [-0.1, -0.05) is 13.8 Å². The monoisotopic (exact) mass is 294 g/mol. The Hall–Kier alpha value is -1.13. The average molecular weight is 294 g/mol. The van der Waals surface area contributed by atoms with Gasteiger partial charge >= 0.3 is 0 Å². The van der Waals surface area contributed by atoms with Crippen molar-refractivity contribution in [2.24, 2.45) is 5.92 Å². The van der Waals surface area contributed by atoms with Gasteiger partial charge in [0.15, 0.2) is 0 Å². The van der Waals surface area contributed by atoms with Gasteiger partial charge in [-0.25, -0.2) is 4.98 Å². The first-order valence-corrected chi connectivity index (χ1v) is 7.68. The van der Waals surface area contributed by atoms with Gasteiger partial charge in [0.05, 0.1) is 12.2 Å². The summed E-state index contributed by atoms with van der Waals surface area (Å²) >= 11 is 0. The molecule has 0 saturated heterocycles. The number of methoxy groups -OCH3 is 1. The highest BCUT2D eigenvalue weighted by molar-refractivity contribution is 5.24. The molecule has 4 heteroatoms. The van der Waals surface area contributed by atoms with Crippen LogP contribution in [-0.2, 0) is 11.3 Å². The van der Waals surface area contributed by atoms with E-state index in [0.29, 0.717) is 18.4 Å². The molecule has 0 aromatic carbocycles. The summed E-state index contributed by atoms with van der Waals surface area (Å²) in [5.74, 6) is 1.35. The first-order chi connectivity index (χ1) is 9.82. The maximum atomic E-state index is 5.77. The summed E-state index contributed by atoms with van der Waals surface area (Å²) in [6.45, 7) is 13.0. The fraction of sp³-hybridized carbons (Fsp3) is 0.706. The van der Waals surface area contributed by atoms with Crippen molar-refractivity contribution in [3.05, 3.63) is 23.4 Å². The number of rotatable bonds is 9. The molecule has 1 aromatic heterocycles. The predicted octanol–water partition coefficient (Wildman–Crippen LogP) is 3.33. The fourth-order valence-corrected chi connectivity index (χ4v) is 1.89. The summed E-state index contributed by atoms with van der Waals surface area (Å²) in [5.41, 5.74) is 2.04. The van der Waals surface area contributed by atoms with Crippen LogP contribution in [0.1, 0.15) is 45.4 Å². The molecule has 120 valence electrons. The van der Waals surface area contributed by atoms with Crippen LogP contribution in [0, 0.1) is 12.8 Å². The standard InChI is InChI=1S/C17H30N2O2/c1-13(2)11-18-12-15-9-14(3)19-16(10-15)21-8-7-17(4,5)20-6/h9-10,13,18H,7-8,11-12H2,1-6H3. The highest BCUT2D eigenvalue weighted by Gasteiger charge is 2.16. The van der Waals surface area contributed by atoms with Crippen LogP contribution in [0.15, 0.2) is 12.1 Å². The molecule has 1 heterocycles. The third kappa shape index (κ3) is 7.44. The van der Waals surface area contributed by atoms with Crippen molar-refractivity contribution in [2.45, 2.75) is 53.2 Å². The number of nitrogens with one attached hydrogen (secondary N) is 1. The molecule has 0 atom stereocenters. The zero-order valence-electron chi connectivity index (χ0n) is 14.3. The van der Waals surface area contributed by atoms with E-state index in [1.165, 1.54) is 5.56 Å². The Bertz CT molecular complexity index is 431. The van der Waals surface area contributed by atoms with Gasteiger partial charge in [-0.2, -0.15) is 0 Å². The first-order valence-electron chi connectivity index (χ1n) is 7.68. The second kappa shape index (κ2) is 8.35. The van der Waals surface area contributed by atoms with Crippen molar-refractivity contribution in [1.29, 1.82) is 0 Å². The number of nitrogens with zero attached hydrogens (tertiary/aromatic N) is 1. The second-order valence-electron chi connectivity index (χ2n) is 6.54. The Kier molecular flexibility index (Phi) is 7.12. The summed E-state index contributed by atoms with van der Waals surface area (Å²) in [7, 11) is 1.73. The maximum absolute atomic E-state index is 5.77. The van der Waals surface area contributed by atoms with Gasteiger partial charge in [-0.3, -0.25) is 0 Å². The molecule has 4 nitrogen and oxygen atoms in total. The van der Waals surface area contributed by atoms with E-state index in [1.54, 1.807) is 7.11 Å². The number of ether oxygens (including phenoxy) is 2. The van der Waals surface area contributed by atoms with Gasteiger partial charge in [0.2, 0.25) is 5.88 Å². The molecule has 0 saturated carbocycles. The number of hydrogen-bond donors (Lipinski definition) is 1. The van der Waals surface area contributed by atoms with Gasteiger partial charge in [-0.15, -0.1) is 0 Å². The molecular formula is C17H30N2O2. The van der Waals surface area contributed by atoms with E-state index >= 15 is 0 Å². The zero-order chi connectivity index (χ0) is 15.9. The summed E-state index contributed by atoms with van der Waals surface area (Å²) in [5, 5.41) is 3.44. The maximum Gasteiger partial charge on any atom is 0.213 e. The van der Waals surface area contributed by atoms with Crippen LogP contribution >= 0.6 is 0 Å². The predicted molar refractivity (Wildman–Crippen MR) is 86.7 cm³/mol. The second-order valence-corrected chi connectivity index (χ2v) is 6.54. The zero-order valence-corrected chi connectivity index (χ0v) is 14.3. The van der Waals surface area contributed by atoms with Crippen molar-refractivity contribution in [2.75, 3.05) is 20.3 Å². The molecule has 0 amide bonds. The molecule has 0 spiro atoms. The largest absolute Gasteiger partial charge is 0.478 e. The lowest BCUT2D eigenvalue weighted by Gasteiger charge is -2.22. The van der Waals surface area contributed by atoms with Crippen molar-refractivity contribution in [1.82, 2.24) is 10.3 Å². The van der Waals surface area contributed by atoms with Gasteiger partial charge in [-0.05, 0) is 44.9 Å². The minimum Gasteiger partial charge on any atom is -0.478 e. The lowest BCUT2D eigenvalue weighted by Crippen LogP contribution is -2.25. The molecule has 1 N–H and O–H groups in total. The summed E-state index contributed by atoms with van der Waals surface area (Å²) in [4.78, 5) is 4.43. The highest BCUT2D eigenvalue weighted by Crippen LogP contribution is 2.16. The number of aryl methyl sites for hydroxylation is 1. The van der Waals surface area contributed by atoms with Crippen molar-refractivity contribution < 1.29 is 9.47 Å². The Morgan fingerprint density at radius 2 is 2.00 bits per heavy atom. The van der Waals surface area contributed by atoms with Crippen LogP contribution in [-0.4, -0.2) is 30.8 Å². The van der Waals surface area contributed by atoms with Crippen molar-refractivity contribution in [3.8, 4) is 5.88 Å². The Labute approximate surface area is 129 Å². The lowest BCUT2D eigenvalue weighted by molar-refractivity contribution is 0.00507. The Morgan fingerprint density at radius 1 is 1.29 bits per heavy atom. The summed E-state index contributed by atoms with van der Waals surface area (Å²) < 4.78 is 11.2. The van der Waals surface area contributed by atoms with Gasteiger partial charge < -0.3 is 14.8 Å². The van der Waals surface area contributed by atoms with E-state index in [9.17, 15) is 0 Å².